The molecule has 13 heteroatoms. The summed E-state index contributed by atoms with van der Waals surface area (Å²) < 4.78 is 6.17. The summed E-state index contributed by atoms with van der Waals surface area (Å²) in [7, 11) is 0. The number of imide groups is 1. The zero-order chi connectivity index (χ0) is 35.5. The number of allylic oxidation sites excluding steroid dienone is 2. The molecule has 252 valence electrons. The predicted octanol–water partition coefficient (Wildman–Crippen LogP) is 1.24. The molecular weight excluding hydrogens is 646 g/mol. The minimum atomic E-state index is -1.69. The highest BCUT2D eigenvalue weighted by Gasteiger charge is 2.82. The molecule has 50 heavy (non-hydrogen) atoms. The lowest BCUT2D eigenvalue weighted by atomic mass is 9.69. The summed E-state index contributed by atoms with van der Waals surface area (Å²) in [6.45, 7) is 1.58. The predicted molar refractivity (Wildman–Crippen MR) is 175 cm³/mol. The fourth-order valence-corrected chi connectivity index (χ4v) is 7.20. The normalized spacial score (nSPS) is 26.1. The van der Waals surface area contributed by atoms with E-state index in [1.165, 1.54) is 55.5 Å². The fraction of sp³-hybridized carbons (Fsp3) is 0.297. The van der Waals surface area contributed by atoms with Crippen molar-refractivity contribution in [1.29, 1.82) is 0 Å². The Morgan fingerprint density at radius 1 is 0.980 bits per heavy atom. The van der Waals surface area contributed by atoms with Crippen LogP contribution in [0.4, 0.5) is 11.4 Å². The van der Waals surface area contributed by atoms with E-state index in [2.05, 4.69) is 34.3 Å². The Balaban J connectivity index is 1.11. The van der Waals surface area contributed by atoms with E-state index in [9.17, 15) is 44.1 Å². The minimum absolute atomic E-state index is 0.000551. The number of nitrogens with zero attached hydrogens (tertiary/aromatic N) is 1. The number of ether oxygens (including phenoxy) is 1. The highest BCUT2D eigenvalue weighted by atomic mass is 16.7. The number of aromatic hydroxyl groups is 1. The number of ketones is 3. The van der Waals surface area contributed by atoms with Gasteiger partial charge in [0, 0.05) is 60.3 Å². The quantitative estimate of drug-likeness (QED) is 0.0945. The molecule has 5 N–H and O–H groups in total. The molecule has 2 aromatic carbocycles. The molecule has 3 amide bonds. The summed E-state index contributed by atoms with van der Waals surface area (Å²) >= 11 is 0. The maximum Gasteiger partial charge on any atom is 0.253 e. The number of amides is 3. The SMILES string of the molecule is C[C@@H](O)[C@@]12O[C@]13c1cc(O)c4c(c1N[C@H]2C#C/C=C\C#C[C@H]3O)C(=O)c1ccc(NC(=O)CCC(=O)CCCN2C(=O)C=CC2=O)cc1C4=O. The topological polar surface area (TPSA) is 203 Å². The first kappa shape index (κ1) is 32.7. The van der Waals surface area contributed by atoms with Gasteiger partial charge in [0.15, 0.2) is 28.9 Å². The molecule has 5 aliphatic rings. The number of Topliss-reactive ketones (excluding diaryl/α,β-unsaturated/α-hetero) is 1. The van der Waals surface area contributed by atoms with Crippen molar-refractivity contribution in [2.45, 2.75) is 62.1 Å². The van der Waals surface area contributed by atoms with Gasteiger partial charge in [-0.3, -0.25) is 33.7 Å². The number of phenols is 1. The third-order valence-corrected chi connectivity index (χ3v) is 9.61. The van der Waals surface area contributed by atoms with Gasteiger partial charge in [0.05, 0.1) is 22.9 Å². The Morgan fingerprint density at radius 3 is 2.40 bits per heavy atom. The van der Waals surface area contributed by atoms with Crippen LogP contribution in [0.3, 0.4) is 0 Å². The maximum atomic E-state index is 14.1. The molecule has 0 saturated carbocycles. The zero-order valence-electron chi connectivity index (χ0n) is 26.5. The van der Waals surface area contributed by atoms with Crippen molar-refractivity contribution in [2.24, 2.45) is 0 Å². The van der Waals surface area contributed by atoms with Crippen LogP contribution in [-0.4, -0.2) is 85.7 Å². The number of nitrogens with one attached hydrogen (secondary N) is 2. The van der Waals surface area contributed by atoms with Crippen molar-refractivity contribution in [3.8, 4) is 29.4 Å². The van der Waals surface area contributed by atoms with E-state index in [-0.39, 0.29) is 77.2 Å². The summed E-state index contributed by atoms with van der Waals surface area (Å²) in [5.74, 6) is 7.68. The lowest BCUT2D eigenvalue weighted by molar-refractivity contribution is -0.137. The van der Waals surface area contributed by atoms with Crippen LogP contribution >= 0.6 is 0 Å². The lowest BCUT2D eigenvalue weighted by Gasteiger charge is -2.37. The molecule has 7 rings (SSSR count). The second kappa shape index (κ2) is 11.9. The Kier molecular flexibility index (Phi) is 7.80. The third kappa shape index (κ3) is 4.86. The summed E-state index contributed by atoms with van der Waals surface area (Å²) in [6, 6.07) is 4.40. The lowest BCUT2D eigenvalue weighted by Crippen LogP contribution is -2.54. The number of benzene rings is 2. The largest absolute Gasteiger partial charge is 0.507 e. The van der Waals surface area contributed by atoms with Crippen LogP contribution in [-0.2, 0) is 29.5 Å². The molecule has 0 spiro atoms. The molecular formula is C37H29N3O10. The van der Waals surface area contributed by atoms with Crippen LogP contribution in [0.1, 0.15) is 70.0 Å². The number of aliphatic hydroxyl groups is 2. The number of hydrogen-bond donors (Lipinski definition) is 5. The van der Waals surface area contributed by atoms with Gasteiger partial charge < -0.3 is 30.7 Å². The summed E-state index contributed by atoms with van der Waals surface area (Å²) in [4.78, 5) is 77.4. The van der Waals surface area contributed by atoms with Gasteiger partial charge in [-0.05, 0) is 49.8 Å². The van der Waals surface area contributed by atoms with Crippen LogP contribution in [0.15, 0.2) is 48.6 Å². The van der Waals surface area contributed by atoms with Crippen LogP contribution in [0.2, 0.25) is 0 Å². The van der Waals surface area contributed by atoms with E-state index in [0.717, 1.165) is 4.90 Å². The molecule has 0 radical (unpaired) electrons. The molecule has 2 bridgehead atoms. The van der Waals surface area contributed by atoms with Crippen LogP contribution in [0, 0.1) is 23.7 Å². The number of fused-ring (bicyclic) bond motifs is 4. The van der Waals surface area contributed by atoms with Gasteiger partial charge in [-0.25, -0.2) is 0 Å². The number of hydrogen-bond acceptors (Lipinski definition) is 11. The average Bonchev–Trinajstić information content (AvgIpc) is 3.73. The standard InChI is InChI=1S/C37H29N3O10/c1-19(41)36-26-8-4-2-3-5-9-27(44)37(36,50-36)24-18-25(43)31-32(33(24)39-26)34(48)22-12-10-20(17-23(22)35(31)49)38-28(45)13-11-21(42)7-6-16-40-29(46)14-15-30(40)47/h2-3,10,12,14-15,17-19,26-27,39,41,43-44H,6-7,11,13,16H2,1H3,(H,38,45)/b3-2-/t19-,26+,27-,36+,37+/m1/s1. The van der Waals surface area contributed by atoms with E-state index in [1.807, 2.05) is 0 Å². The number of carbonyl (C=O) groups is 6. The Hall–Kier alpha value is -5.86. The maximum absolute atomic E-state index is 14.1. The van der Waals surface area contributed by atoms with E-state index in [4.69, 9.17) is 4.74 Å². The van der Waals surface area contributed by atoms with Crippen LogP contribution in [0.25, 0.3) is 0 Å². The van der Waals surface area contributed by atoms with E-state index in [0.29, 0.717) is 0 Å². The van der Waals surface area contributed by atoms with Crippen LogP contribution in [0.5, 0.6) is 5.75 Å². The van der Waals surface area contributed by atoms with Gasteiger partial charge in [-0.2, -0.15) is 0 Å². The Bertz CT molecular complexity index is 2130. The molecule has 1 saturated heterocycles. The second-order valence-corrected chi connectivity index (χ2v) is 12.5. The van der Waals surface area contributed by atoms with Gasteiger partial charge in [-0.15, -0.1) is 0 Å². The smallest absolute Gasteiger partial charge is 0.253 e. The molecule has 5 atom stereocenters. The highest BCUT2D eigenvalue weighted by Crippen LogP contribution is 2.67. The van der Waals surface area contributed by atoms with Crippen molar-refractivity contribution < 1.29 is 48.8 Å². The molecule has 2 aromatic rings. The van der Waals surface area contributed by atoms with Crippen molar-refractivity contribution in [3.05, 3.63) is 76.4 Å². The molecule has 0 aromatic heterocycles. The van der Waals surface area contributed by atoms with E-state index in [1.54, 1.807) is 0 Å². The first-order valence-corrected chi connectivity index (χ1v) is 15.9. The number of rotatable bonds is 9. The minimum Gasteiger partial charge on any atom is -0.507 e. The molecule has 1 fully saturated rings. The number of phenolic OH excluding ortho intramolecular Hbond substituents is 1. The summed E-state index contributed by atoms with van der Waals surface area (Å²) in [5.41, 5.74) is -3.26. The zero-order valence-corrected chi connectivity index (χ0v) is 26.5. The third-order valence-electron chi connectivity index (χ3n) is 9.61. The number of epoxide rings is 1. The molecule has 3 aliphatic heterocycles. The van der Waals surface area contributed by atoms with Crippen molar-refractivity contribution in [1.82, 2.24) is 4.90 Å². The molecule has 13 nitrogen and oxygen atoms in total. The van der Waals surface area contributed by atoms with E-state index >= 15 is 0 Å². The van der Waals surface area contributed by atoms with Crippen molar-refractivity contribution in [2.75, 3.05) is 17.2 Å². The Morgan fingerprint density at radius 2 is 1.68 bits per heavy atom. The van der Waals surface area contributed by atoms with E-state index < -0.39 is 64.5 Å². The first-order valence-electron chi connectivity index (χ1n) is 15.9. The number of anilines is 2. The van der Waals surface area contributed by atoms with Crippen LogP contribution < -0.4 is 10.6 Å². The molecule has 3 heterocycles. The fourth-order valence-electron chi connectivity index (χ4n) is 7.20. The average molecular weight is 676 g/mol. The summed E-state index contributed by atoms with van der Waals surface area (Å²) in [6.07, 6.45) is 2.66. The highest BCUT2D eigenvalue weighted by molar-refractivity contribution is 6.31. The van der Waals surface area contributed by atoms with Gasteiger partial charge in [0.1, 0.15) is 17.6 Å². The van der Waals surface area contributed by atoms with Crippen molar-refractivity contribution >= 4 is 46.4 Å². The van der Waals surface area contributed by atoms with Gasteiger partial charge in [0.2, 0.25) is 5.91 Å². The molecule has 2 aliphatic carbocycles. The monoisotopic (exact) mass is 675 g/mol. The number of carbonyl (C=O) groups excluding carboxylic acids is 6. The second-order valence-electron chi connectivity index (χ2n) is 12.5. The van der Waals surface area contributed by atoms with Gasteiger partial charge in [-0.1, -0.05) is 23.7 Å². The van der Waals surface area contributed by atoms with Crippen molar-refractivity contribution in [3.63, 3.8) is 0 Å². The van der Waals surface area contributed by atoms with Gasteiger partial charge >= 0.3 is 0 Å². The molecule has 0 unspecified atom stereocenters. The number of aliphatic hydroxyl groups excluding tert-OH is 2. The first-order chi connectivity index (χ1) is 23.9. The van der Waals surface area contributed by atoms with Gasteiger partial charge in [0.25, 0.3) is 11.8 Å². The summed E-state index contributed by atoms with van der Waals surface area (Å²) in [5, 5.41) is 39.2. The Labute approximate surface area is 285 Å².